The summed E-state index contributed by atoms with van der Waals surface area (Å²) in [5.74, 6) is 0.764. The molecule has 0 aromatic heterocycles. The van der Waals surface area contributed by atoms with Gasteiger partial charge in [-0.2, -0.15) is 0 Å². The van der Waals surface area contributed by atoms with Crippen LogP contribution in [-0.2, 0) is 21.6 Å². The van der Waals surface area contributed by atoms with E-state index in [0.717, 1.165) is 22.3 Å². The van der Waals surface area contributed by atoms with Crippen LogP contribution in [0.25, 0.3) is 11.1 Å². The lowest BCUT2D eigenvalue weighted by molar-refractivity contribution is -0.143. The van der Waals surface area contributed by atoms with Gasteiger partial charge in [-0.05, 0) is 77.9 Å². The molecular formula is C32H37FO4. The molecule has 0 bridgehead atoms. The number of esters is 1. The standard InChI is InChI=1S/C32H37FO4/c1-7-9-24(19-31(34)36-8-2)23-11-13-25(14-12-23)37-21-22-10-16-29(32(3,4)5)27(18-22)28-20-26(35-6)15-17-30(28)33/h7,9-18,20,24H,8,19,21H2,1-6H3/t24-/m1/s1. The maximum absolute atomic E-state index is 14.9. The van der Waals surface area contributed by atoms with E-state index in [1.807, 2.05) is 68.5 Å². The number of carbonyl (C=O) groups is 1. The second kappa shape index (κ2) is 12.6. The first-order chi connectivity index (χ1) is 17.7. The molecule has 0 aliphatic heterocycles. The minimum absolute atomic E-state index is 0.0524. The van der Waals surface area contributed by atoms with Gasteiger partial charge in [-0.1, -0.05) is 57.2 Å². The number of carbonyl (C=O) groups excluding carboxylic acids is 1. The monoisotopic (exact) mass is 504 g/mol. The Hall–Kier alpha value is -3.60. The highest BCUT2D eigenvalue weighted by Crippen LogP contribution is 2.37. The first-order valence-electron chi connectivity index (χ1n) is 12.6. The third-order valence-electron chi connectivity index (χ3n) is 6.19. The van der Waals surface area contributed by atoms with Crippen molar-refractivity contribution in [3.63, 3.8) is 0 Å². The van der Waals surface area contributed by atoms with Gasteiger partial charge < -0.3 is 14.2 Å². The summed E-state index contributed by atoms with van der Waals surface area (Å²) < 4.78 is 31.4. The molecule has 4 nitrogen and oxygen atoms in total. The second-order valence-corrected chi connectivity index (χ2v) is 9.97. The van der Waals surface area contributed by atoms with E-state index in [0.29, 0.717) is 36.7 Å². The first-order valence-corrected chi connectivity index (χ1v) is 12.6. The Kier molecular flexibility index (Phi) is 9.51. The number of methoxy groups -OCH3 is 1. The van der Waals surface area contributed by atoms with Gasteiger partial charge >= 0.3 is 5.97 Å². The largest absolute Gasteiger partial charge is 0.497 e. The topological polar surface area (TPSA) is 44.8 Å². The lowest BCUT2D eigenvalue weighted by Gasteiger charge is -2.24. The number of rotatable bonds is 10. The van der Waals surface area contributed by atoms with Gasteiger partial charge in [0.2, 0.25) is 0 Å². The number of hydrogen-bond acceptors (Lipinski definition) is 4. The van der Waals surface area contributed by atoms with Crippen LogP contribution in [0, 0.1) is 5.82 Å². The third-order valence-corrected chi connectivity index (χ3v) is 6.19. The molecule has 3 aromatic rings. The third kappa shape index (κ3) is 7.45. The van der Waals surface area contributed by atoms with Gasteiger partial charge in [-0.3, -0.25) is 4.79 Å². The van der Waals surface area contributed by atoms with Crippen molar-refractivity contribution in [1.29, 1.82) is 0 Å². The Morgan fingerprint density at radius 1 is 0.973 bits per heavy atom. The normalized spacial score (nSPS) is 12.4. The van der Waals surface area contributed by atoms with Crippen molar-refractivity contribution in [3.05, 3.63) is 95.3 Å². The van der Waals surface area contributed by atoms with Crippen LogP contribution in [0.1, 0.15) is 63.6 Å². The molecule has 0 aliphatic carbocycles. The Morgan fingerprint density at radius 3 is 2.30 bits per heavy atom. The summed E-state index contributed by atoms with van der Waals surface area (Å²) in [6.07, 6.45) is 4.24. The zero-order valence-electron chi connectivity index (χ0n) is 22.6. The van der Waals surface area contributed by atoms with Crippen LogP contribution in [-0.4, -0.2) is 19.7 Å². The Bertz CT molecular complexity index is 1220. The molecule has 0 unspecified atom stereocenters. The van der Waals surface area contributed by atoms with E-state index in [4.69, 9.17) is 14.2 Å². The van der Waals surface area contributed by atoms with Crippen LogP contribution >= 0.6 is 0 Å². The van der Waals surface area contributed by atoms with Crippen LogP contribution in [0.15, 0.2) is 72.8 Å². The highest BCUT2D eigenvalue weighted by molar-refractivity contribution is 5.72. The number of ether oxygens (including phenoxy) is 3. The summed E-state index contributed by atoms with van der Waals surface area (Å²) in [4.78, 5) is 12.0. The summed E-state index contributed by atoms with van der Waals surface area (Å²) in [6, 6.07) is 18.6. The molecule has 0 spiro atoms. The van der Waals surface area contributed by atoms with E-state index in [1.54, 1.807) is 19.2 Å². The molecule has 0 heterocycles. The van der Waals surface area contributed by atoms with Crippen molar-refractivity contribution in [2.75, 3.05) is 13.7 Å². The average molecular weight is 505 g/mol. The summed E-state index contributed by atoms with van der Waals surface area (Å²) in [5.41, 5.74) is 4.16. The molecule has 0 radical (unpaired) electrons. The molecule has 5 heteroatoms. The van der Waals surface area contributed by atoms with Crippen LogP contribution in [0.2, 0.25) is 0 Å². The Labute approximate surface area is 220 Å². The summed E-state index contributed by atoms with van der Waals surface area (Å²) in [6.45, 7) is 10.8. The average Bonchev–Trinajstić information content (AvgIpc) is 2.87. The van der Waals surface area contributed by atoms with Crippen molar-refractivity contribution in [2.24, 2.45) is 0 Å². The molecule has 0 N–H and O–H groups in total. The molecule has 3 rings (SSSR count). The molecule has 196 valence electrons. The van der Waals surface area contributed by atoms with E-state index in [1.165, 1.54) is 6.07 Å². The van der Waals surface area contributed by atoms with E-state index >= 15 is 0 Å². The van der Waals surface area contributed by atoms with Crippen molar-refractivity contribution in [1.82, 2.24) is 0 Å². The van der Waals surface area contributed by atoms with Gasteiger partial charge in [-0.25, -0.2) is 4.39 Å². The lowest BCUT2D eigenvalue weighted by Crippen LogP contribution is -2.13. The maximum Gasteiger partial charge on any atom is 0.306 e. The van der Waals surface area contributed by atoms with Crippen LogP contribution in [0.4, 0.5) is 4.39 Å². The molecule has 3 aromatic carbocycles. The van der Waals surface area contributed by atoms with Gasteiger partial charge in [-0.15, -0.1) is 0 Å². The van der Waals surface area contributed by atoms with Gasteiger partial charge in [0.25, 0.3) is 0 Å². The minimum Gasteiger partial charge on any atom is -0.497 e. The fourth-order valence-electron chi connectivity index (χ4n) is 4.30. The summed E-state index contributed by atoms with van der Waals surface area (Å²) >= 11 is 0. The zero-order valence-corrected chi connectivity index (χ0v) is 22.6. The highest BCUT2D eigenvalue weighted by atomic mass is 19.1. The zero-order chi connectivity index (χ0) is 27.0. The number of allylic oxidation sites excluding steroid dienone is 2. The predicted octanol–water partition coefficient (Wildman–Crippen LogP) is 7.99. The van der Waals surface area contributed by atoms with Gasteiger partial charge in [0.15, 0.2) is 0 Å². The van der Waals surface area contributed by atoms with Crippen molar-refractivity contribution in [3.8, 4) is 22.6 Å². The van der Waals surface area contributed by atoms with E-state index in [2.05, 4.69) is 20.8 Å². The molecule has 1 atom stereocenters. The molecule has 0 aliphatic rings. The lowest BCUT2D eigenvalue weighted by atomic mass is 9.81. The second-order valence-electron chi connectivity index (χ2n) is 9.97. The van der Waals surface area contributed by atoms with Crippen molar-refractivity contribution < 1.29 is 23.4 Å². The van der Waals surface area contributed by atoms with Crippen LogP contribution < -0.4 is 9.47 Å². The summed E-state index contributed by atoms with van der Waals surface area (Å²) in [5, 5.41) is 0. The fraction of sp³-hybridized carbons (Fsp3) is 0.344. The number of halogens is 1. The van der Waals surface area contributed by atoms with Gasteiger partial charge in [0.1, 0.15) is 23.9 Å². The minimum atomic E-state index is -0.293. The molecule has 37 heavy (non-hydrogen) atoms. The number of benzene rings is 3. The predicted molar refractivity (Wildman–Crippen MR) is 147 cm³/mol. The van der Waals surface area contributed by atoms with E-state index in [-0.39, 0.29) is 23.1 Å². The molecule has 0 fully saturated rings. The fourth-order valence-corrected chi connectivity index (χ4v) is 4.30. The molecular weight excluding hydrogens is 467 g/mol. The van der Waals surface area contributed by atoms with Crippen LogP contribution in [0.5, 0.6) is 11.5 Å². The van der Waals surface area contributed by atoms with E-state index in [9.17, 15) is 9.18 Å². The Morgan fingerprint density at radius 2 is 1.68 bits per heavy atom. The first kappa shape index (κ1) is 28.0. The van der Waals surface area contributed by atoms with Crippen molar-refractivity contribution >= 4 is 5.97 Å². The quantitative estimate of drug-likeness (QED) is 0.207. The SMILES string of the molecule is CC=C[C@H](CC(=O)OCC)c1ccc(OCc2ccc(C(C)(C)C)c(-c3cc(OC)ccc3F)c2)cc1. The smallest absolute Gasteiger partial charge is 0.306 e. The molecule has 0 amide bonds. The van der Waals surface area contributed by atoms with Gasteiger partial charge in [0.05, 0.1) is 20.1 Å². The molecule has 0 saturated carbocycles. The highest BCUT2D eigenvalue weighted by Gasteiger charge is 2.21. The Balaban J connectivity index is 1.82. The molecule has 0 saturated heterocycles. The van der Waals surface area contributed by atoms with Gasteiger partial charge in [0, 0.05) is 11.5 Å². The van der Waals surface area contributed by atoms with E-state index < -0.39 is 0 Å². The van der Waals surface area contributed by atoms with Crippen LogP contribution in [0.3, 0.4) is 0 Å². The van der Waals surface area contributed by atoms with Crippen molar-refractivity contribution in [2.45, 2.75) is 59.0 Å². The summed E-state index contributed by atoms with van der Waals surface area (Å²) in [7, 11) is 1.58. The number of hydrogen-bond donors (Lipinski definition) is 0. The maximum atomic E-state index is 14.9.